The van der Waals surface area contributed by atoms with Crippen LogP contribution in [0.3, 0.4) is 0 Å². The molecule has 0 fully saturated rings. The van der Waals surface area contributed by atoms with Crippen molar-refractivity contribution >= 4 is 23.0 Å². The summed E-state index contributed by atoms with van der Waals surface area (Å²) in [6.07, 6.45) is 7.48. The summed E-state index contributed by atoms with van der Waals surface area (Å²) >= 11 is 6.11. The maximum absolute atomic E-state index is 6.11. The molecular weight excluding hydrogens is 364 g/mol. The standard InChI is InChI=1S/C25H23ClN2/c1-19-8-5-6-13-24(19)25(28-22-10-3-2-4-11-22)16-14-21(15-17-25)27-23-12-7-9-20(26)18-23/h2-16,18,27-28H,17H2,1H3. The van der Waals surface area contributed by atoms with Gasteiger partial charge in [-0.2, -0.15) is 0 Å². The Kier molecular flexibility index (Phi) is 5.23. The van der Waals surface area contributed by atoms with Crippen LogP contribution in [-0.2, 0) is 5.54 Å². The van der Waals surface area contributed by atoms with Crippen LogP contribution in [0.25, 0.3) is 0 Å². The lowest BCUT2D eigenvalue weighted by atomic mass is 9.80. The average molecular weight is 387 g/mol. The van der Waals surface area contributed by atoms with Crippen molar-refractivity contribution in [1.82, 2.24) is 0 Å². The van der Waals surface area contributed by atoms with E-state index in [9.17, 15) is 0 Å². The lowest BCUT2D eigenvalue weighted by Crippen LogP contribution is -2.35. The highest BCUT2D eigenvalue weighted by Gasteiger charge is 2.31. The van der Waals surface area contributed by atoms with Crippen molar-refractivity contribution < 1.29 is 0 Å². The first-order valence-corrected chi connectivity index (χ1v) is 9.84. The normalized spacial score (nSPS) is 18.4. The Morgan fingerprint density at radius 3 is 2.32 bits per heavy atom. The average Bonchev–Trinajstić information content (AvgIpc) is 2.71. The number of hydrogen-bond donors (Lipinski definition) is 2. The number of anilines is 2. The van der Waals surface area contributed by atoms with E-state index in [4.69, 9.17) is 11.6 Å². The first-order chi connectivity index (χ1) is 13.6. The maximum Gasteiger partial charge on any atom is 0.0851 e. The third kappa shape index (κ3) is 3.97. The predicted octanol–water partition coefficient (Wildman–Crippen LogP) is 6.91. The molecule has 2 nitrogen and oxygen atoms in total. The minimum Gasteiger partial charge on any atom is -0.372 e. The SMILES string of the molecule is Cc1ccccc1C1(Nc2ccccc2)C=CC(Nc2cccc(Cl)c2)=CC1. The largest absolute Gasteiger partial charge is 0.372 e. The predicted molar refractivity (Wildman–Crippen MR) is 120 cm³/mol. The molecule has 0 heterocycles. The van der Waals surface area contributed by atoms with Crippen molar-refractivity contribution in [2.45, 2.75) is 18.9 Å². The summed E-state index contributed by atoms with van der Waals surface area (Å²) in [7, 11) is 0. The zero-order chi connectivity index (χ0) is 19.4. The summed E-state index contributed by atoms with van der Waals surface area (Å²) in [5.74, 6) is 0. The first kappa shape index (κ1) is 18.4. The molecule has 0 aliphatic heterocycles. The van der Waals surface area contributed by atoms with E-state index >= 15 is 0 Å². The molecule has 0 bridgehead atoms. The topological polar surface area (TPSA) is 24.1 Å². The van der Waals surface area contributed by atoms with Gasteiger partial charge in [0.15, 0.2) is 0 Å². The van der Waals surface area contributed by atoms with E-state index in [0.717, 1.165) is 28.5 Å². The minimum absolute atomic E-state index is 0.286. The Morgan fingerprint density at radius 1 is 0.857 bits per heavy atom. The van der Waals surface area contributed by atoms with Gasteiger partial charge in [0, 0.05) is 22.1 Å². The maximum atomic E-state index is 6.11. The van der Waals surface area contributed by atoms with Crippen LogP contribution < -0.4 is 10.6 Å². The van der Waals surface area contributed by atoms with E-state index in [1.165, 1.54) is 11.1 Å². The molecule has 1 aliphatic rings. The van der Waals surface area contributed by atoms with E-state index in [2.05, 4.69) is 84.3 Å². The van der Waals surface area contributed by atoms with Gasteiger partial charge in [0.25, 0.3) is 0 Å². The molecule has 1 atom stereocenters. The molecule has 4 rings (SSSR count). The summed E-state index contributed by atoms with van der Waals surface area (Å²) in [6.45, 7) is 2.17. The quantitative estimate of drug-likeness (QED) is 0.497. The first-order valence-electron chi connectivity index (χ1n) is 9.46. The van der Waals surface area contributed by atoms with Gasteiger partial charge < -0.3 is 10.6 Å². The van der Waals surface area contributed by atoms with Crippen LogP contribution in [0.2, 0.25) is 5.02 Å². The van der Waals surface area contributed by atoms with Gasteiger partial charge in [-0.3, -0.25) is 0 Å². The number of benzene rings is 3. The molecule has 3 aromatic rings. The molecule has 0 amide bonds. The van der Waals surface area contributed by atoms with Crippen LogP contribution in [0.4, 0.5) is 11.4 Å². The van der Waals surface area contributed by atoms with E-state index < -0.39 is 0 Å². The molecule has 0 aromatic heterocycles. The Balaban J connectivity index is 1.64. The fourth-order valence-corrected chi connectivity index (χ4v) is 3.87. The van der Waals surface area contributed by atoms with Crippen molar-refractivity contribution in [3.63, 3.8) is 0 Å². The van der Waals surface area contributed by atoms with E-state index in [0.29, 0.717) is 0 Å². The summed E-state index contributed by atoms with van der Waals surface area (Å²) in [4.78, 5) is 0. The van der Waals surface area contributed by atoms with Crippen LogP contribution in [0.5, 0.6) is 0 Å². The molecule has 0 saturated carbocycles. The van der Waals surface area contributed by atoms with Crippen molar-refractivity contribution in [3.8, 4) is 0 Å². The van der Waals surface area contributed by atoms with E-state index in [-0.39, 0.29) is 5.54 Å². The second-order valence-electron chi connectivity index (χ2n) is 7.11. The van der Waals surface area contributed by atoms with Crippen molar-refractivity contribution in [2.24, 2.45) is 0 Å². The Bertz CT molecular complexity index is 1020. The number of para-hydroxylation sites is 1. The molecule has 3 heteroatoms. The number of rotatable bonds is 5. The van der Waals surface area contributed by atoms with Crippen LogP contribution >= 0.6 is 11.6 Å². The molecule has 0 spiro atoms. The van der Waals surface area contributed by atoms with Crippen LogP contribution in [0, 0.1) is 6.92 Å². The molecule has 2 N–H and O–H groups in total. The number of hydrogen-bond acceptors (Lipinski definition) is 2. The van der Waals surface area contributed by atoms with Crippen LogP contribution in [0.1, 0.15) is 17.5 Å². The smallest absolute Gasteiger partial charge is 0.0851 e. The lowest BCUT2D eigenvalue weighted by Gasteiger charge is -2.36. The van der Waals surface area contributed by atoms with Crippen molar-refractivity contribution in [2.75, 3.05) is 10.6 Å². The summed E-state index contributed by atoms with van der Waals surface area (Å²) in [5, 5.41) is 7.94. The molecule has 3 aromatic carbocycles. The number of allylic oxidation sites excluding steroid dienone is 1. The molecule has 0 radical (unpaired) electrons. The highest BCUT2D eigenvalue weighted by Crippen LogP contribution is 2.37. The van der Waals surface area contributed by atoms with Gasteiger partial charge in [0.2, 0.25) is 0 Å². The minimum atomic E-state index is -0.286. The van der Waals surface area contributed by atoms with Gasteiger partial charge in [-0.05, 0) is 60.9 Å². The monoisotopic (exact) mass is 386 g/mol. The third-order valence-corrected chi connectivity index (χ3v) is 5.31. The number of aryl methyl sites for hydroxylation is 1. The van der Waals surface area contributed by atoms with Gasteiger partial charge in [0.05, 0.1) is 5.54 Å². The zero-order valence-corrected chi connectivity index (χ0v) is 16.6. The summed E-state index contributed by atoms with van der Waals surface area (Å²) < 4.78 is 0. The zero-order valence-electron chi connectivity index (χ0n) is 15.8. The summed E-state index contributed by atoms with van der Waals surface area (Å²) in [5.41, 5.74) is 5.44. The van der Waals surface area contributed by atoms with E-state index in [1.807, 2.05) is 30.3 Å². The molecule has 1 aliphatic carbocycles. The fraction of sp³-hybridized carbons (Fsp3) is 0.120. The van der Waals surface area contributed by atoms with Crippen LogP contribution in [-0.4, -0.2) is 0 Å². The molecule has 140 valence electrons. The van der Waals surface area contributed by atoms with Gasteiger partial charge in [-0.25, -0.2) is 0 Å². The Hall–Kier alpha value is -2.97. The number of halogens is 1. The second kappa shape index (κ2) is 7.95. The van der Waals surface area contributed by atoms with Gasteiger partial charge in [0.1, 0.15) is 0 Å². The number of nitrogens with one attached hydrogen (secondary N) is 2. The van der Waals surface area contributed by atoms with Crippen molar-refractivity contribution in [3.05, 3.63) is 119 Å². The Labute approximate surface area is 171 Å². The van der Waals surface area contributed by atoms with Gasteiger partial charge in [-0.1, -0.05) is 72.3 Å². The second-order valence-corrected chi connectivity index (χ2v) is 7.55. The Morgan fingerprint density at radius 2 is 1.61 bits per heavy atom. The molecule has 28 heavy (non-hydrogen) atoms. The van der Waals surface area contributed by atoms with Gasteiger partial charge >= 0.3 is 0 Å². The van der Waals surface area contributed by atoms with Gasteiger partial charge in [-0.15, -0.1) is 0 Å². The highest BCUT2D eigenvalue weighted by molar-refractivity contribution is 6.30. The van der Waals surface area contributed by atoms with Crippen LogP contribution in [0.15, 0.2) is 103 Å². The molecular formula is C25H23ClN2. The highest BCUT2D eigenvalue weighted by atomic mass is 35.5. The summed E-state index contributed by atoms with van der Waals surface area (Å²) in [6, 6.07) is 26.7. The molecule has 0 saturated heterocycles. The van der Waals surface area contributed by atoms with E-state index in [1.54, 1.807) is 0 Å². The lowest BCUT2D eigenvalue weighted by molar-refractivity contribution is 0.611. The van der Waals surface area contributed by atoms with Crippen molar-refractivity contribution in [1.29, 1.82) is 0 Å². The third-order valence-electron chi connectivity index (χ3n) is 5.07. The fourth-order valence-electron chi connectivity index (χ4n) is 3.68. The molecule has 1 unspecified atom stereocenters.